The van der Waals surface area contributed by atoms with E-state index in [4.69, 9.17) is 5.11 Å². The Balaban J connectivity index is 2.07. The maximum Gasteiger partial charge on any atom is 0.320 e. The first-order valence-electron chi connectivity index (χ1n) is 7.24. The molecule has 0 fully saturated rings. The fourth-order valence-corrected chi connectivity index (χ4v) is 2.50. The van der Waals surface area contributed by atoms with Gasteiger partial charge in [0.05, 0.1) is 6.10 Å². The lowest BCUT2D eigenvalue weighted by Gasteiger charge is -2.17. The molecule has 0 saturated carbocycles. The molecule has 0 aliphatic heterocycles. The summed E-state index contributed by atoms with van der Waals surface area (Å²) in [4.78, 5) is 22.0. The number of aliphatic hydroxyl groups is 1. The molecule has 0 aliphatic carbocycles. The number of aldehydes is 1. The Hall–Kier alpha value is -2.18. The highest BCUT2D eigenvalue weighted by Gasteiger charge is 2.17. The Morgan fingerprint density at radius 3 is 2.77 bits per heavy atom. The second-order valence-electron chi connectivity index (χ2n) is 5.23. The number of aromatic nitrogens is 1. The van der Waals surface area contributed by atoms with Crippen LogP contribution in [0.25, 0.3) is 10.9 Å². The number of hydrogen-bond donors (Lipinski definition) is 3. The van der Waals surface area contributed by atoms with E-state index in [1.807, 2.05) is 28.8 Å². The van der Waals surface area contributed by atoms with Crippen molar-refractivity contribution in [2.45, 2.75) is 32.0 Å². The molecule has 0 bridgehead atoms. The van der Waals surface area contributed by atoms with Gasteiger partial charge >= 0.3 is 5.97 Å². The van der Waals surface area contributed by atoms with E-state index in [1.54, 1.807) is 13.1 Å². The highest BCUT2D eigenvalue weighted by Crippen LogP contribution is 2.20. The average Bonchev–Trinajstić information content (AvgIpc) is 2.86. The van der Waals surface area contributed by atoms with Crippen LogP contribution in [0.2, 0.25) is 0 Å². The zero-order chi connectivity index (χ0) is 16.1. The third-order valence-corrected chi connectivity index (χ3v) is 3.66. The summed E-state index contributed by atoms with van der Waals surface area (Å²) >= 11 is 0. The number of carbonyl (C=O) groups is 2. The smallest absolute Gasteiger partial charge is 0.320 e. The van der Waals surface area contributed by atoms with Crippen LogP contribution < -0.4 is 5.32 Å². The summed E-state index contributed by atoms with van der Waals surface area (Å²) in [5, 5.41) is 22.7. The van der Waals surface area contributed by atoms with Crippen LogP contribution in [0.5, 0.6) is 0 Å². The largest absolute Gasteiger partial charge is 0.480 e. The lowest BCUT2D eigenvalue weighted by atomic mass is 10.2. The molecule has 0 amide bonds. The van der Waals surface area contributed by atoms with Crippen molar-refractivity contribution in [3.05, 3.63) is 36.0 Å². The number of para-hydroxylation sites is 1. The summed E-state index contributed by atoms with van der Waals surface area (Å²) in [5.41, 5.74) is 1.45. The predicted octanol–water partition coefficient (Wildman–Crippen LogP) is 1.27. The van der Waals surface area contributed by atoms with Gasteiger partial charge in [-0.2, -0.15) is 0 Å². The van der Waals surface area contributed by atoms with Crippen molar-refractivity contribution in [2.75, 3.05) is 6.54 Å². The second kappa shape index (κ2) is 7.20. The van der Waals surface area contributed by atoms with Crippen molar-refractivity contribution in [3.8, 4) is 0 Å². The summed E-state index contributed by atoms with van der Waals surface area (Å²) < 4.78 is 1.81. The van der Waals surface area contributed by atoms with E-state index in [0.29, 0.717) is 12.0 Å². The standard InChI is InChI=1S/C16H20N2O4/c1-2-14(16(21)22)17-7-12(20)9-18-8-11(10-19)13-5-3-4-6-15(13)18/h3-6,8,10,12,14,17,20H,2,7,9H2,1H3,(H,21,22)/t12-,14+/m1/s1. The van der Waals surface area contributed by atoms with Crippen LogP contribution in [-0.4, -0.2) is 45.7 Å². The molecule has 2 rings (SSSR count). The van der Waals surface area contributed by atoms with Gasteiger partial charge in [0.25, 0.3) is 0 Å². The molecular weight excluding hydrogens is 284 g/mol. The van der Waals surface area contributed by atoms with E-state index in [-0.39, 0.29) is 13.1 Å². The second-order valence-corrected chi connectivity index (χ2v) is 5.23. The first kappa shape index (κ1) is 16.2. The number of benzene rings is 1. The summed E-state index contributed by atoms with van der Waals surface area (Å²) in [5.74, 6) is -0.927. The molecule has 0 saturated heterocycles. The quantitative estimate of drug-likeness (QED) is 0.639. The van der Waals surface area contributed by atoms with Crippen molar-refractivity contribution in [1.82, 2.24) is 9.88 Å². The number of aliphatic carboxylic acids is 1. The molecule has 2 aromatic rings. The molecule has 0 radical (unpaired) electrons. The van der Waals surface area contributed by atoms with Crippen LogP contribution in [0.15, 0.2) is 30.5 Å². The number of hydrogen-bond acceptors (Lipinski definition) is 4. The topological polar surface area (TPSA) is 91.6 Å². The number of carboxylic acid groups (broad SMARTS) is 1. The van der Waals surface area contributed by atoms with Crippen LogP contribution >= 0.6 is 0 Å². The monoisotopic (exact) mass is 304 g/mol. The number of carbonyl (C=O) groups excluding carboxylic acids is 1. The number of fused-ring (bicyclic) bond motifs is 1. The van der Waals surface area contributed by atoms with Crippen LogP contribution in [0, 0.1) is 0 Å². The van der Waals surface area contributed by atoms with E-state index in [1.165, 1.54) is 0 Å². The van der Waals surface area contributed by atoms with E-state index in [9.17, 15) is 14.7 Å². The molecule has 0 aliphatic rings. The van der Waals surface area contributed by atoms with Gasteiger partial charge < -0.3 is 20.1 Å². The molecule has 0 spiro atoms. The first-order valence-corrected chi connectivity index (χ1v) is 7.24. The molecule has 0 unspecified atom stereocenters. The first-order chi connectivity index (χ1) is 10.6. The van der Waals surface area contributed by atoms with Crippen molar-refractivity contribution in [1.29, 1.82) is 0 Å². The number of aliphatic hydroxyl groups excluding tert-OH is 1. The Morgan fingerprint density at radius 1 is 1.41 bits per heavy atom. The summed E-state index contributed by atoms with van der Waals surface area (Å²) in [7, 11) is 0. The van der Waals surface area contributed by atoms with Gasteiger partial charge in [0.1, 0.15) is 6.04 Å². The molecule has 1 heterocycles. The lowest BCUT2D eigenvalue weighted by molar-refractivity contribution is -0.139. The van der Waals surface area contributed by atoms with E-state index >= 15 is 0 Å². The Bertz CT molecular complexity index is 665. The molecule has 1 aromatic heterocycles. The SMILES string of the molecule is CC[C@H](NC[C@@H](O)Cn1cc(C=O)c2ccccc21)C(=O)O. The minimum Gasteiger partial charge on any atom is -0.480 e. The lowest BCUT2D eigenvalue weighted by Crippen LogP contribution is -2.41. The highest BCUT2D eigenvalue weighted by molar-refractivity contribution is 5.97. The minimum atomic E-state index is -0.927. The minimum absolute atomic E-state index is 0.174. The summed E-state index contributed by atoms with van der Waals surface area (Å²) in [6.07, 6.45) is 2.20. The Morgan fingerprint density at radius 2 is 2.14 bits per heavy atom. The third kappa shape index (κ3) is 3.52. The molecular formula is C16H20N2O4. The van der Waals surface area contributed by atoms with E-state index in [2.05, 4.69) is 5.32 Å². The number of nitrogens with one attached hydrogen (secondary N) is 1. The third-order valence-electron chi connectivity index (χ3n) is 3.66. The van der Waals surface area contributed by atoms with Gasteiger partial charge in [-0.05, 0) is 12.5 Å². The molecule has 118 valence electrons. The fraction of sp³-hybridized carbons (Fsp3) is 0.375. The van der Waals surface area contributed by atoms with Crippen LogP contribution in [-0.2, 0) is 11.3 Å². The zero-order valence-electron chi connectivity index (χ0n) is 12.4. The average molecular weight is 304 g/mol. The maximum atomic E-state index is 11.1. The Kier molecular flexibility index (Phi) is 5.30. The molecule has 6 heteroatoms. The van der Waals surface area contributed by atoms with Crippen molar-refractivity contribution < 1.29 is 19.8 Å². The molecule has 1 aromatic carbocycles. The predicted molar refractivity (Wildman–Crippen MR) is 83.0 cm³/mol. The van der Waals surface area contributed by atoms with E-state index in [0.717, 1.165) is 17.2 Å². The molecule has 3 N–H and O–H groups in total. The number of nitrogens with zero attached hydrogens (tertiary/aromatic N) is 1. The van der Waals surface area contributed by atoms with Crippen LogP contribution in [0.3, 0.4) is 0 Å². The molecule has 22 heavy (non-hydrogen) atoms. The molecule has 6 nitrogen and oxygen atoms in total. The van der Waals surface area contributed by atoms with Gasteiger partial charge in [0.2, 0.25) is 0 Å². The maximum absolute atomic E-state index is 11.1. The van der Waals surface area contributed by atoms with Crippen molar-refractivity contribution in [2.24, 2.45) is 0 Å². The normalized spacial score (nSPS) is 13.9. The number of carboxylic acids is 1. The molecule has 2 atom stereocenters. The van der Waals surface area contributed by atoms with Gasteiger partial charge in [-0.3, -0.25) is 9.59 Å². The van der Waals surface area contributed by atoms with Gasteiger partial charge in [-0.25, -0.2) is 0 Å². The van der Waals surface area contributed by atoms with Gasteiger partial charge in [0.15, 0.2) is 6.29 Å². The van der Waals surface area contributed by atoms with Gasteiger partial charge in [-0.15, -0.1) is 0 Å². The van der Waals surface area contributed by atoms with Crippen LogP contribution in [0.1, 0.15) is 23.7 Å². The zero-order valence-corrected chi connectivity index (χ0v) is 12.4. The van der Waals surface area contributed by atoms with Crippen LogP contribution in [0.4, 0.5) is 0 Å². The van der Waals surface area contributed by atoms with Gasteiger partial charge in [0, 0.05) is 35.8 Å². The van der Waals surface area contributed by atoms with E-state index < -0.39 is 18.1 Å². The van der Waals surface area contributed by atoms with Crippen molar-refractivity contribution >= 4 is 23.2 Å². The summed E-state index contributed by atoms with van der Waals surface area (Å²) in [6, 6.07) is 6.81. The summed E-state index contributed by atoms with van der Waals surface area (Å²) in [6.45, 7) is 2.24. The fourth-order valence-electron chi connectivity index (χ4n) is 2.50. The van der Waals surface area contributed by atoms with Gasteiger partial charge in [-0.1, -0.05) is 25.1 Å². The van der Waals surface area contributed by atoms with Crippen molar-refractivity contribution in [3.63, 3.8) is 0 Å². The highest BCUT2D eigenvalue weighted by atomic mass is 16.4. The number of rotatable bonds is 8. The Labute approximate surface area is 128 Å².